The summed E-state index contributed by atoms with van der Waals surface area (Å²) >= 11 is 1.81. The molecule has 1 aliphatic rings. The van der Waals surface area contributed by atoms with E-state index in [2.05, 4.69) is 6.07 Å². The van der Waals surface area contributed by atoms with Crippen molar-refractivity contribution in [2.24, 2.45) is 0 Å². The van der Waals surface area contributed by atoms with E-state index < -0.39 is 0 Å². The number of hydrogen-bond acceptors (Lipinski definition) is 3. The predicted molar refractivity (Wildman–Crippen MR) is 58.1 cm³/mol. The summed E-state index contributed by atoms with van der Waals surface area (Å²) in [5.74, 6) is 2.10. The molecular weight excluding hydrogens is 196 g/mol. The summed E-state index contributed by atoms with van der Waals surface area (Å²) in [5, 5.41) is 9.61. The standard InChI is InChI=1S/C11H14O2S/c1-7(12)10-6-14-11-4-3-8(13-2)5-9(10)11/h3-5,7,10,12H,6H2,1-2H3. The molecule has 1 aromatic rings. The van der Waals surface area contributed by atoms with E-state index in [1.54, 1.807) is 7.11 Å². The highest BCUT2D eigenvalue weighted by Gasteiger charge is 2.27. The zero-order chi connectivity index (χ0) is 10.1. The summed E-state index contributed by atoms with van der Waals surface area (Å²) in [6, 6.07) is 6.07. The first kappa shape index (κ1) is 9.87. The number of benzene rings is 1. The minimum absolute atomic E-state index is 0.255. The van der Waals surface area contributed by atoms with Gasteiger partial charge in [-0.1, -0.05) is 0 Å². The maximum absolute atomic E-state index is 9.61. The van der Waals surface area contributed by atoms with Crippen LogP contribution in [0.25, 0.3) is 0 Å². The summed E-state index contributed by atoms with van der Waals surface area (Å²) in [4.78, 5) is 1.27. The third-order valence-corrected chi connectivity index (χ3v) is 3.83. The monoisotopic (exact) mass is 210 g/mol. The van der Waals surface area contributed by atoms with Gasteiger partial charge in [-0.05, 0) is 30.7 Å². The van der Waals surface area contributed by atoms with Crippen LogP contribution in [0.2, 0.25) is 0 Å². The number of aliphatic hydroxyl groups is 1. The molecule has 0 fully saturated rings. The highest BCUT2D eigenvalue weighted by molar-refractivity contribution is 7.99. The second-order valence-corrected chi connectivity index (χ2v) is 4.62. The molecule has 0 saturated carbocycles. The van der Waals surface area contributed by atoms with Gasteiger partial charge in [-0.2, -0.15) is 0 Å². The molecule has 1 aliphatic heterocycles. The predicted octanol–water partition coefficient (Wildman–Crippen LogP) is 2.27. The lowest BCUT2D eigenvalue weighted by molar-refractivity contribution is 0.171. The molecular formula is C11H14O2S. The van der Waals surface area contributed by atoms with E-state index in [1.807, 2.05) is 30.8 Å². The fraction of sp³-hybridized carbons (Fsp3) is 0.455. The largest absolute Gasteiger partial charge is 0.497 e. The maximum Gasteiger partial charge on any atom is 0.119 e. The number of fused-ring (bicyclic) bond motifs is 1. The smallest absolute Gasteiger partial charge is 0.119 e. The van der Waals surface area contributed by atoms with Crippen molar-refractivity contribution >= 4 is 11.8 Å². The first-order chi connectivity index (χ1) is 6.72. The van der Waals surface area contributed by atoms with Gasteiger partial charge in [0.05, 0.1) is 13.2 Å². The van der Waals surface area contributed by atoms with Gasteiger partial charge in [0.1, 0.15) is 5.75 Å². The van der Waals surface area contributed by atoms with E-state index in [0.717, 1.165) is 11.5 Å². The second-order valence-electron chi connectivity index (χ2n) is 3.56. The van der Waals surface area contributed by atoms with Gasteiger partial charge in [-0.25, -0.2) is 0 Å². The van der Waals surface area contributed by atoms with Crippen molar-refractivity contribution in [1.29, 1.82) is 0 Å². The third kappa shape index (κ3) is 1.62. The fourth-order valence-corrected chi connectivity index (χ4v) is 3.10. The molecule has 0 saturated heterocycles. The van der Waals surface area contributed by atoms with Gasteiger partial charge >= 0.3 is 0 Å². The SMILES string of the molecule is COc1ccc2c(c1)C(C(C)O)CS2. The second kappa shape index (κ2) is 3.83. The van der Waals surface area contributed by atoms with Gasteiger partial charge in [-0.3, -0.25) is 0 Å². The number of aliphatic hydroxyl groups excluding tert-OH is 1. The molecule has 14 heavy (non-hydrogen) atoms. The Balaban J connectivity index is 2.37. The van der Waals surface area contributed by atoms with Crippen molar-refractivity contribution in [1.82, 2.24) is 0 Å². The quantitative estimate of drug-likeness (QED) is 0.812. The molecule has 2 nitrogen and oxygen atoms in total. The van der Waals surface area contributed by atoms with E-state index in [9.17, 15) is 5.11 Å². The Morgan fingerprint density at radius 1 is 1.57 bits per heavy atom. The maximum atomic E-state index is 9.61. The molecule has 0 spiro atoms. The van der Waals surface area contributed by atoms with Crippen LogP contribution in [0.4, 0.5) is 0 Å². The van der Waals surface area contributed by atoms with Crippen LogP contribution in [0, 0.1) is 0 Å². The van der Waals surface area contributed by atoms with Crippen molar-refractivity contribution in [2.45, 2.75) is 23.8 Å². The summed E-state index contributed by atoms with van der Waals surface area (Å²) < 4.78 is 5.18. The zero-order valence-electron chi connectivity index (χ0n) is 8.36. The highest BCUT2D eigenvalue weighted by atomic mass is 32.2. The normalized spacial score (nSPS) is 21.8. The van der Waals surface area contributed by atoms with E-state index in [-0.39, 0.29) is 12.0 Å². The summed E-state index contributed by atoms with van der Waals surface area (Å²) in [6.45, 7) is 1.85. The number of methoxy groups -OCH3 is 1. The summed E-state index contributed by atoms with van der Waals surface area (Å²) in [5.41, 5.74) is 1.23. The summed E-state index contributed by atoms with van der Waals surface area (Å²) in [7, 11) is 1.67. The van der Waals surface area contributed by atoms with E-state index in [4.69, 9.17) is 4.74 Å². The topological polar surface area (TPSA) is 29.5 Å². The van der Waals surface area contributed by atoms with Crippen molar-refractivity contribution < 1.29 is 9.84 Å². The van der Waals surface area contributed by atoms with Crippen LogP contribution in [-0.2, 0) is 0 Å². The number of thioether (sulfide) groups is 1. The zero-order valence-corrected chi connectivity index (χ0v) is 9.17. The molecule has 1 N–H and O–H groups in total. The van der Waals surface area contributed by atoms with Gasteiger partial charge in [0.25, 0.3) is 0 Å². The molecule has 0 aromatic heterocycles. The van der Waals surface area contributed by atoms with Gasteiger partial charge in [0.2, 0.25) is 0 Å². The van der Waals surface area contributed by atoms with Crippen molar-refractivity contribution in [3.63, 3.8) is 0 Å². The Morgan fingerprint density at radius 3 is 3.00 bits per heavy atom. The lowest BCUT2D eigenvalue weighted by atomic mass is 9.96. The highest BCUT2D eigenvalue weighted by Crippen LogP contribution is 2.42. The van der Waals surface area contributed by atoms with Crippen molar-refractivity contribution in [2.75, 3.05) is 12.9 Å². The van der Waals surface area contributed by atoms with Gasteiger partial charge in [0, 0.05) is 16.6 Å². The van der Waals surface area contributed by atoms with Crippen molar-refractivity contribution in [3.05, 3.63) is 23.8 Å². The average molecular weight is 210 g/mol. The fourth-order valence-electron chi connectivity index (χ4n) is 1.74. The molecule has 0 bridgehead atoms. The summed E-state index contributed by atoms with van der Waals surface area (Å²) in [6.07, 6.45) is -0.282. The first-order valence-electron chi connectivity index (χ1n) is 4.71. The number of hydrogen-bond donors (Lipinski definition) is 1. The molecule has 1 heterocycles. The first-order valence-corrected chi connectivity index (χ1v) is 5.69. The lowest BCUT2D eigenvalue weighted by Crippen LogP contribution is -2.13. The molecule has 0 aliphatic carbocycles. The molecule has 0 amide bonds. The Bertz CT molecular complexity index is 336. The van der Waals surface area contributed by atoms with Crippen LogP contribution in [0.15, 0.2) is 23.1 Å². The Kier molecular flexibility index (Phi) is 2.70. The van der Waals surface area contributed by atoms with Crippen LogP contribution in [0.3, 0.4) is 0 Å². The molecule has 2 atom stereocenters. The molecule has 76 valence electrons. The lowest BCUT2D eigenvalue weighted by Gasteiger charge is -2.14. The molecule has 2 unspecified atom stereocenters. The van der Waals surface area contributed by atoms with E-state index in [1.165, 1.54) is 10.5 Å². The average Bonchev–Trinajstić information content (AvgIpc) is 2.59. The Hall–Kier alpha value is -0.670. The van der Waals surface area contributed by atoms with Crippen LogP contribution in [0.1, 0.15) is 18.4 Å². The van der Waals surface area contributed by atoms with E-state index in [0.29, 0.717) is 0 Å². The van der Waals surface area contributed by atoms with Crippen LogP contribution < -0.4 is 4.74 Å². The molecule has 0 radical (unpaired) electrons. The Morgan fingerprint density at radius 2 is 2.36 bits per heavy atom. The van der Waals surface area contributed by atoms with Gasteiger partial charge in [0.15, 0.2) is 0 Å². The van der Waals surface area contributed by atoms with Crippen LogP contribution >= 0.6 is 11.8 Å². The Labute approximate surface area is 88.3 Å². The van der Waals surface area contributed by atoms with Crippen molar-refractivity contribution in [3.8, 4) is 5.75 Å². The van der Waals surface area contributed by atoms with Crippen LogP contribution in [0.5, 0.6) is 5.75 Å². The number of ether oxygens (including phenoxy) is 1. The molecule has 1 aromatic carbocycles. The minimum Gasteiger partial charge on any atom is -0.497 e. The van der Waals surface area contributed by atoms with Gasteiger partial charge < -0.3 is 9.84 Å². The van der Waals surface area contributed by atoms with Gasteiger partial charge in [-0.15, -0.1) is 11.8 Å². The molecule has 3 heteroatoms. The number of rotatable bonds is 2. The molecule has 2 rings (SSSR count). The van der Waals surface area contributed by atoms with E-state index >= 15 is 0 Å². The minimum atomic E-state index is -0.282. The van der Waals surface area contributed by atoms with Crippen LogP contribution in [-0.4, -0.2) is 24.1 Å². The third-order valence-electron chi connectivity index (χ3n) is 2.62.